The lowest BCUT2D eigenvalue weighted by Crippen LogP contribution is -2.05. The highest BCUT2D eigenvalue weighted by molar-refractivity contribution is 7.99. The van der Waals surface area contributed by atoms with E-state index in [9.17, 15) is 0 Å². The maximum atomic E-state index is 5.08. The van der Waals surface area contributed by atoms with E-state index in [2.05, 4.69) is 39.3 Å². The normalized spacial score (nSPS) is 10.3. The standard InChI is InChI=1S/C13H16N4OS/c1-4-14-11-15-12(18-3)17-13(16-11)19-10-7-5-9(2)6-8-10/h5-8H,4H2,1-3H3,(H,14,15,16,17). The monoisotopic (exact) mass is 276 g/mol. The quantitative estimate of drug-likeness (QED) is 0.906. The summed E-state index contributed by atoms with van der Waals surface area (Å²) in [6.07, 6.45) is 0. The van der Waals surface area contributed by atoms with Crippen molar-refractivity contribution in [3.8, 4) is 6.01 Å². The summed E-state index contributed by atoms with van der Waals surface area (Å²) in [5.41, 5.74) is 1.23. The number of hydrogen-bond acceptors (Lipinski definition) is 6. The Hall–Kier alpha value is -1.82. The minimum Gasteiger partial charge on any atom is -0.467 e. The number of hydrogen-bond donors (Lipinski definition) is 1. The summed E-state index contributed by atoms with van der Waals surface area (Å²) >= 11 is 1.48. The summed E-state index contributed by atoms with van der Waals surface area (Å²) in [5.74, 6) is 0.531. The van der Waals surface area contributed by atoms with Gasteiger partial charge in [0.25, 0.3) is 0 Å². The molecule has 0 aliphatic heterocycles. The van der Waals surface area contributed by atoms with Gasteiger partial charge in [0.1, 0.15) is 0 Å². The first-order chi connectivity index (χ1) is 9.21. The fourth-order valence-corrected chi connectivity index (χ4v) is 2.16. The molecule has 0 fully saturated rings. The number of rotatable bonds is 5. The summed E-state index contributed by atoms with van der Waals surface area (Å²) in [4.78, 5) is 13.8. The van der Waals surface area contributed by atoms with Crippen molar-refractivity contribution >= 4 is 17.7 Å². The summed E-state index contributed by atoms with van der Waals surface area (Å²) < 4.78 is 5.08. The van der Waals surface area contributed by atoms with Gasteiger partial charge in [-0.1, -0.05) is 17.7 Å². The van der Waals surface area contributed by atoms with Gasteiger partial charge in [0.2, 0.25) is 11.1 Å². The molecule has 0 bridgehead atoms. The van der Waals surface area contributed by atoms with Crippen LogP contribution in [0.3, 0.4) is 0 Å². The van der Waals surface area contributed by atoms with E-state index >= 15 is 0 Å². The van der Waals surface area contributed by atoms with Crippen LogP contribution in [0.1, 0.15) is 12.5 Å². The van der Waals surface area contributed by atoms with Crippen molar-refractivity contribution in [2.45, 2.75) is 23.9 Å². The summed E-state index contributed by atoms with van der Waals surface area (Å²) in [5, 5.41) is 3.68. The average Bonchev–Trinajstić information content (AvgIpc) is 2.41. The lowest BCUT2D eigenvalue weighted by atomic mass is 10.2. The molecule has 1 aromatic heterocycles. The number of nitrogens with zero attached hydrogens (tertiary/aromatic N) is 3. The van der Waals surface area contributed by atoms with Crippen LogP contribution in [-0.4, -0.2) is 28.6 Å². The van der Waals surface area contributed by atoms with Crippen molar-refractivity contribution in [2.75, 3.05) is 19.0 Å². The molecule has 0 saturated heterocycles. The number of aromatic nitrogens is 3. The third kappa shape index (κ3) is 3.82. The highest BCUT2D eigenvalue weighted by atomic mass is 32.2. The van der Waals surface area contributed by atoms with Crippen LogP contribution in [-0.2, 0) is 0 Å². The smallest absolute Gasteiger partial charge is 0.321 e. The molecular weight excluding hydrogens is 260 g/mol. The van der Waals surface area contributed by atoms with Crippen molar-refractivity contribution in [1.82, 2.24) is 15.0 Å². The van der Waals surface area contributed by atoms with Crippen LogP contribution in [0.4, 0.5) is 5.95 Å². The van der Waals surface area contributed by atoms with Crippen molar-refractivity contribution < 1.29 is 4.74 Å². The second kappa shape index (κ2) is 6.38. The Morgan fingerprint density at radius 3 is 2.53 bits per heavy atom. The highest BCUT2D eigenvalue weighted by Crippen LogP contribution is 2.26. The zero-order valence-electron chi connectivity index (χ0n) is 11.2. The summed E-state index contributed by atoms with van der Waals surface area (Å²) in [6, 6.07) is 8.53. The molecule has 0 aliphatic rings. The zero-order chi connectivity index (χ0) is 13.7. The van der Waals surface area contributed by atoms with Gasteiger partial charge in [-0.2, -0.15) is 15.0 Å². The largest absolute Gasteiger partial charge is 0.467 e. The molecule has 1 heterocycles. The van der Waals surface area contributed by atoms with Crippen LogP contribution in [0.15, 0.2) is 34.3 Å². The summed E-state index contributed by atoms with van der Waals surface area (Å²) in [6.45, 7) is 4.80. The van der Waals surface area contributed by atoms with Crippen LogP contribution in [0.5, 0.6) is 6.01 Å². The van der Waals surface area contributed by atoms with Gasteiger partial charge in [0.15, 0.2) is 0 Å². The van der Waals surface area contributed by atoms with Gasteiger partial charge >= 0.3 is 6.01 Å². The van der Waals surface area contributed by atoms with Crippen molar-refractivity contribution in [2.24, 2.45) is 0 Å². The Balaban J connectivity index is 2.23. The Morgan fingerprint density at radius 2 is 1.89 bits per heavy atom. The molecule has 0 saturated carbocycles. The van der Waals surface area contributed by atoms with E-state index in [0.717, 1.165) is 11.4 Å². The first-order valence-corrected chi connectivity index (χ1v) is 6.81. The zero-order valence-corrected chi connectivity index (χ0v) is 12.0. The van der Waals surface area contributed by atoms with E-state index in [4.69, 9.17) is 4.74 Å². The predicted molar refractivity (Wildman–Crippen MR) is 75.8 cm³/mol. The molecule has 100 valence electrons. The molecule has 0 amide bonds. The molecule has 2 aromatic rings. The average molecular weight is 276 g/mol. The second-order valence-electron chi connectivity index (χ2n) is 3.87. The topological polar surface area (TPSA) is 59.9 Å². The lowest BCUT2D eigenvalue weighted by molar-refractivity contribution is 0.373. The highest BCUT2D eigenvalue weighted by Gasteiger charge is 2.07. The van der Waals surface area contributed by atoms with Gasteiger partial charge < -0.3 is 10.1 Å². The van der Waals surface area contributed by atoms with E-state index in [1.165, 1.54) is 17.3 Å². The van der Waals surface area contributed by atoms with Gasteiger partial charge in [-0.15, -0.1) is 0 Å². The van der Waals surface area contributed by atoms with Crippen molar-refractivity contribution in [3.63, 3.8) is 0 Å². The number of aryl methyl sites for hydroxylation is 1. The Bertz CT molecular complexity index is 545. The fourth-order valence-electron chi connectivity index (χ4n) is 1.42. The number of methoxy groups -OCH3 is 1. The van der Waals surface area contributed by atoms with Crippen molar-refractivity contribution in [3.05, 3.63) is 29.8 Å². The maximum Gasteiger partial charge on any atom is 0.321 e. The molecule has 0 unspecified atom stereocenters. The SMILES string of the molecule is CCNc1nc(OC)nc(Sc2ccc(C)cc2)n1. The second-order valence-corrected chi connectivity index (χ2v) is 4.91. The maximum absolute atomic E-state index is 5.08. The molecule has 0 radical (unpaired) electrons. The molecule has 0 spiro atoms. The fraction of sp³-hybridized carbons (Fsp3) is 0.308. The van der Waals surface area contributed by atoms with E-state index in [0.29, 0.717) is 17.1 Å². The molecule has 1 aromatic carbocycles. The molecule has 0 aliphatic carbocycles. The van der Waals surface area contributed by atoms with Gasteiger partial charge in [-0.25, -0.2) is 0 Å². The van der Waals surface area contributed by atoms with Gasteiger partial charge in [-0.3, -0.25) is 0 Å². The molecule has 19 heavy (non-hydrogen) atoms. The molecule has 2 rings (SSSR count). The van der Waals surface area contributed by atoms with Crippen molar-refractivity contribution in [1.29, 1.82) is 0 Å². The third-order valence-corrected chi connectivity index (χ3v) is 3.21. The number of nitrogens with one attached hydrogen (secondary N) is 1. The first-order valence-electron chi connectivity index (χ1n) is 5.99. The van der Waals surface area contributed by atoms with E-state index in [1.54, 1.807) is 7.11 Å². The van der Waals surface area contributed by atoms with Gasteiger partial charge in [0, 0.05) is 11.4 Å². The first kappa shape index (κ1) is 13.6. The predicted octanol–water partition coefficient (Wildman–Crippen LogP) is 2.77. The number of anilines is 1. The van der Waals surface area contributed by atoms with Crippen LogP contribution in [0.25, 0.3) is 0 Å². The van der Waals surface area contributed by atoms with E-state index in [1.807, 2.05) is 19.1 Å². The third-order valence-electron chi connectivity index (χ3n) is 2.34. The molecular formula is C13H16N4OS. The minimum absolute atomic E-state index is 0.320. The number of benzene rings is 1. The van der Waals surface area contributed by atoms with Crippen LogP contribution >= 0.6 is 11.8 Å². The van der Waals surface area contributed by atoms with Gasteiger partial charge in [0.05, 0.1) is 7.11 Å². The van der Waals surface area contributed by atoms with Crippen LogP contribution in [0, 0.1) is 6.92 Å². The molecule has 5 nitrogen and oxygen atoms in total. The lowest BCUT2D eigenvalue weighted by Gasteiger charge is -2.06. The molecule has 6 heteroatoms. The molecule has 0 atom stereocenters. The van der Waals surface area contributed by atoms with Gasteiger partial charge in [-0.05, 0) is 37.7 Å². The van der Waals surface area contributed by atoms with E-state index in [-0.39, 0.29) is 0 Å². The van der Waals surface area contributed by atoms with Crippen LogP contribution in [0.2, 0.25) is 0 Å². The Kier molecular flexibility index (Phi) is 4.57. The van der Waals surface area contributed by atoms with Crippen LogP contribution < -0.4 is 10.1 Å². The minimum atomic E-state index is 0.320. The number of ether oxygens (including phenoxy) is 1. The van der Waals surface area contributed by atoms with E-state index < -0.39 is 0 Å². The Labute approximate surface area is 116 Å². The molecule has 1 N–H and O–H groups in total. The summed E-state index contributed by atoms with van der Waals surface area (Å²) in [7, 11) is 1.55. The Morgan fingerprint density at radius 1 is 1.16 bits per heavy atom.